The number of anilines is 3. The van der Waals surface area contributed by atoms with Crippen LogP contribution < -0.4 is 10.2 Å². The van der Waals surface area contributed by atoms with Crippen molar-refractivity contribution in [2.45, 2.75) is 59.8 Å². The predicted octanol–water partition coefficient (Wildman–Crippen LogP) is 7.49. The van der Waals surface area contributed by atoms with Crippen LogP contribution in [0.25, 0.3) is 0 Å². The zero-order valence-electron chi connectivity index (χ0n) is 24.0. The first-order valence-corrected chi connectivity index (χ1v) is 14.4. The summed E-state index contributed by atoms with van der Waals surface area (Å²) in [5.74, 6) is 1.14. The van der Waals surface area contributed by atoms with Crippen LogP contribution in [0.5, 0.6) is 0 Å². The van der Waals surface area contributed by atoms with E-state index in [4.69, 9.17) is 0 Å². The first kappa shape index (κ1) is 28.6. The van der Waals surface area contributed by atoms with E-state index in [0.29, 0.717) is 34.5 Å². The van der Waals surface area contributed by atoms with E-state index in [1.807, 2.05) is 42.5 Å². The Morgan fingerprint density at radius 1 is 0.769 bits per heavy atom. The van der Waals surface area contributed by atoms with Crippen molar-refractivity contribution in [3.63, 3.8) is 0 Å². The number of fused-ring (bicyclic) bond motifs is 2. The van der Waals surface area contributed by atoms with Crippen molar-refractivity contribution in [2.75, 3.05) is 29.9 Å². The fourth-order valence-corrected chi connectivity index (χ4v) is 5.43. The molecule has 5 nitrogen and oxygen atoms in total. The largest absolute Gasteiger partial charge is 0.320 e. The molecule has 5 heteroatoms. The van der Waals surface area contributed by atoms with E-state index < -0.39 is 0 Å². The highest BCUT2D eigenvalue weighted by molar-refractivity contribution is 6.17. The third-order valence-electron chi connectivity index (χ3n) is 7.10. The Bertz CT molecular complexity index is 1240. The second-order valence-corrected chi connectivity index (χ2v) is 11.6. The van der Waals surface area contributed by atoms with Crippen LogP contribution in [0.3, 0.4) is 0 Å². The molecule has 0 radical (unpaired) electrons. The van der Waals surface area contributed by atoms with E-state index >= 15 is 0 Å². The molecule has 2 amide bonds. The van der Waals surface area contributed by atoms with Gasteiger partial charge in [0.05, 0.1) is 29.0 Å². The molecule has 1 aliphatic rings. The molecule has 1 N–H and O–H groups in total. The normalized spacial score (nSPS) is 12.9. The number of para-hydroxylation sites is 3. The van der Waals surface area contributed by atoms with E-state index in [0.717, 1.165) is 12.0 Å². The quantitative estimate of drug-likeness (QED) is 0.249. The maximum absolute atomic E-state index is 13.7. The Labute approximate surface area is 234 Å². The summed E-state index contributed by atoms with van der Waals surface area (Å²) < 4.78 is 0. The van der Waals surface area contributed by atoms with Crippen LogP contribution in [-0.2, 0) is 17.6 Å². The Hall–Kier alpha value is -3.44. The lowest BCUT2D eigenvalue weighted by Crippen LogP contribution is -2.32. The fourth-order valence-electron chi connectivity index (χ4n) is 5.43. The van der Waals surface area contributed by atoms with Crippen LogP contribution >= 0.6 is 0 Å². The van der Waals surface area contributed by atoms with E-state index in [1.165, 1.54) is 44.5 Å². The zero-order valence-corrected chi connectivity index (χ0v) is 24.0. The molecule has 1 aliphatic heterocycles. The minimum atomic E-state index is -0.203. The number of hydrogen-bond donors (Lipinski definition) is 1. The van der Waals surface area contributed by atoms with Gasteiger partial charge >= 0.3 is 0 Å². The number of hydrogen-bond acceptors (Lipinski definition) is 3. The smallest absolute Gasteiger partial charge is 0.257 e. The summed E-state index contributed by atoms with van der Waals surface area (Å²) in [7, 11) is 0. The van der Waals surface area contributed by atoms with Gasteiger partial charge in [0.15, 0.2) is 0 Å². The minimum Gasteiger partial charge on any atom is -0.320 e. The van der Waals surface area contributed by atoms with Gasteiger partial charge in [-0.05, 0) is 73.0 Å². The summed E-state index contributed by atoms with van der Waals surface area (Å²) in [6, 6.07) is 23.2. The third-order valence-corrected chi connectivity index (χ3v) is 7.10. The first-order valence-electron chi connectivity index (χ1n) is 14.4. The summed E-state index contributed by atoms with van der Waals surface area (Å²) >= 11 is 0. The number of nitrogens with zero attached hydrogens (tertiary/aromatic N) is 2. The van der Waals surface area contributed by atoms with Crippen LogP contribution in [0.4, 0.5) is 17.1 Å². The Morgan fingerprint density at radius 3 is 2.08 bits per heavy atom. The van der Waals surface area contributed by atoms with Crippen molar-refractivity contribution < 1.29 is 9.59 Å². The Kier molecular flexibility index (Phi) is 9.94. The van der Waals surface area contributed by atoms with Crippen LogP contribution in [0.15, 0.2) is 72.8 Å². The van der Waals surface area contributed by atoms with Crippen LogP contribution in [0.1, 0.15) is 68.4 Å². The van der Waals surface area contributed by atoms with Crippen molar-refractivity contribution in [2.24, 2.45) is 11.8 Å². The third kappa shape index (κ3) is 7.79. The highest BCUT2D eigenvalue weighted by Gasteiger charge is 2.28. The lowest BCUT2D eigenvalue weighted by Gasteiger charge is -2.26. The van der Waals surface area contributed by atoms with Gasteiger partial charge in [0.2, 0.25) is 5.91 Å². The van der Waals surface area contributed by atoms with Crippen molar-refractivity contribution in [1.82, 2.24) is 4.90 Å². The molecule has 0 bridgehead atoms. The van der Waals surface area contributed by atoms with Gasteiger partial charge in [0.1, 0.15) is 0 Å². The SMILES string of the molecule is CC(C)CN(CCCCCc1ccc(CC(=O)N2c3ccccc3NC(=O)c3ccccc32)cc1)CC(C)C. The fraction of sp³-hybridized carbons (Fsp3) is 0.412. The molecule has 39 heavy (non-hydrogen) atoms. The van der Waals surface area contributed by atoms with Gasteiger partial charge in [-0.3, -0.25) is 14.5 Å². The van der Waals surface area contributed by atoms with Crippen molar-refractivity contribution in [3.05, 3.63) is 89.5 Å². The molecule has 0 fully saturated rings. The van der Waals surface area contributed by atoms with Crippen LogP contribution in [0.2, 0.25) is 0 Å². The number of aryl methyl sites for hydroxylation is 1. The van der Waals surface area contributed by atoms with Gasteiger partial charge in [-0.15, -0.1) is 0 Å². The predicted molar refractivity (Wildman–Crippen MR) is 162 cm³/mol. The van der Waals surface area contributed by atoms with E-state index in [1.54, 1.807) is 11.0 Å². The monoisotopic (exact) mass is 525 g/mol. The number of carbonyl (C=O) groups excluding carboxylic acids is 2. The topological polar surface area (TPSA) is 52.7 Å². The van der Waals surface area contributed by atoms with Crippen LogP contribution in [0, 0.1) is 11.8 Å². The Morgan fingerprint density at radius 2 is 1.38 bits per heavy atom. The molecule has 3 aromatic rings. The average molecular weight is 526 g/mol. The molecule has 0 saturated heterocycles. The number of amides is 2. The van der Waals surface area contributed by atoms with Gasteiger partial charge in [-0.25, -0.2) is 0 Å². The number of benzene rings is 3. The molecular formula is C34H43N3O2. The van der Waals surface area contributed by atoms with Crippen molar-refractivity contribution >= 4 is 28.9 Å². The molecule has 0 aromatic heterocycles. The van der Waals surface area contributed by atoms with E-state index in [-0.39, 0.29) is 18.2 Å². The molecular weight excluding hydrogens is 482 g/mol. The second-order valence-electron chi connectivity index (χ2n) is 11.6. The number of nitrogens with one attached hydrogen (secondary N) is 1. The summed E-state index contributed by atoms with van der Waals surface area (Å²) in [6.07, 6.45) is 4.97. The standard InChI is InChI=1S/C34H43N3O2/c1-25(2)23-36(24-26(3)4)21-11-5-6-12-27-17-19-28(20-18-27)22-33(38)37-31-15-9-7-13-29(31)34(39)35-30-14-8-10-16-32(30)37/h7-10,13-20,25-26H,5-6,11-12,21-24H2,1-4H3,(H,35,39). The number of rotatable bonds is 12. The molecule has 206 valence electrons. The molecule has 4 rings (SSSR count). The van der Waals surface area contributed by atoms with E-state index in [9.17, 15) is 9.59 Å². The summed E-state index contributed by atoms with van der Waals surface area (Å²) in [4.78, 5) is 30.8. The summed E-state index contributed by atoms with van der Waals surface area (Å²) in [5, 5.41) is 2.95. The molecule has 0 atom stereocenters. The van der Waals surface area contributed by atoms with Gasteiger partial charge < -0.3 is 10.2 Å². The summed E-state index contributed by atoms with van der Waals surface area (Å²) in [6.45, 7) is 12.7. The lowest BCUT2D eigenvalue weighted by atomic mass is 10.0. The lowest BCUT2D eigenvalue weighted by molar-refractivity contribution is -0.117. The molecule has 0 unspecified atom stereocenters. The molecule has 0 saturated carbocycles. The number of unbranched alkanes of at least 4 members (excludes halogenated alkanes) is 2. The minimum absolute atomic E-state index is 0.0634. The molecule has 0 spiro atoms. The molecule has 0 aliphatic carbocycles. The molecule has 1 heterocycles. The van der Waals surface area contributed by atoms with Crippen molar-refractivity contribution in [3.8, 4) is 0 Å². The average Bonchev–Trinajstić information content (AvgIpc) is 3.02. The van der Waals surface area contributed by atoms with Crippen molar-refractivity contribution in [1.29, 1.82) is 0 Å². The maximum Gasteiger partial charge on any atom is 0.257 e. The number of carbonyl (C=O) groups is 2. The maximum atomic E-state index is 13.7. The second kappa shape index (κ2) is 13.6. The van der Waals surface area contributed by atoms with Gasteiger partial charge in [-0.1, -0.05) is 82.6 Å². The van der Waals surface area contributed by atoms with Gasteiger partial charge in [0.25, 0.3) is 5.91 Å². The molecule has 3 aromatic carbocycles. The zero-order chi connectivity index (χ0) is 27.8. The van der Waals surface area contributed by atoms with Gasteiger partial charge in [0, 0.05) is 13.1 Å². The Balaban J connectivity index is 1.34. The highest BCUT2D eigenvalue weighted by atomic mass is 16.2. The highest BCUT2D eigenvalue weighted by Crippen LogP contribution is 2.38. The van der Waals surface area contributed by atoms with Gasteiger partial charge in [-0.2, -0.15) is 0 Å². The summed E-state index contributed by atoms with van der Waals surface area (Å²) in [5.41, 5.74) is 4.72. The van der Waals surface area contributed by atoms with Crippen LogP contribution in [-0.4, -0.2) is 36.3 Å². The first-order chi connectivity index (χ1) is 18.8. The van der Waals surface area contributed by atoms with E-state index in [2.05, 4.69) is 62.2 Å².